The number of esters is 4. The van der Waals surface area contributed by atoms with E-state index >= 15 is 0 Å². The molecule has 4 unspecified atom stereocenters. The van der Waals surface area contributed by atoms with Gasteiger partial charge in [-0.15, -0.1) is 0 Å². The van der Waals surface area contributed by atoms with Crippen LogP contribution in [0.25, 0.3) is 0 Å². The summed E-state index contributed by atoms with van der Waals surface area (Å²) in [4.78, 5) is 72.6. The summed E-state index contributed by atoms with van der Waals surface area (Å²) >= 11 is 0. The van der Waals surface area contributed by atoms with Gasteiger partial charge in [0.1, 0.15) is 19.3 Å². The number of carbonyl (C=O) groups excluding carboxylic acids is 4. The van der Waals surface area contributed by atoms with Crippen LogP contribution in [0.5, 0.6) is 0 Å². The molecule has 0 spiro atoms. The minimum absolute atomic E-state index is 0.102. The molecule has 0 saturated carbocycles. The third kappa shape index (κ3) is 65.8. The summed E-state index contributed by atoms with van der Waals surface area (Å²) in [6.07, 6.45) is 47.5. The average molecular weight is 1370 g/mol. The SMILES string of the molecule is CCC(C)CCCCCCCCCCCCCCCCCCCCC(=O)O[C@H](COC(=O)CCCCCCCCCCC(C)CC)COP(=O)(O)OC[C@@H](O)COP(=O)(O)OC[C@@H](COC(=O)CCCCCCCCC(C)C)OC(=O)CCCCCCCCCC(C)C. The van der Waals surface area contributed by atoms with Crippen molar-refractivity contribution in [1.29, 1.82) is 0 Å². The lowest BCUT2D eigenvalue weighted by atomic mass is 9.99. The normalized spacial score (nSPS) is 14.8. The molecule has 0 aromatic heterocycles. The van der Waals surface area contributed by atoms with Gasteiger partial charge in [-0.05, 0) is 49.4 Å². The van der Waals surface area contributed by atoms with E-state index in [9.17, 15) is 43.2 Å². The lowest BCUT2D eigenvalue weighted by Gasteiger charge is -2.21. The standard InChI is InChI=1S/C74H144O17P2/c1-9-66(7)52-44-36-27-21-19-17-15-13-11-12-14-16-18-20-22-30-40-48-56-73(78)90-69(60-84-71(76)54-46-38-29-24-23-28-37-45-53-67(8)10-2)62-88-92(80,81)86-58-68(75)59-87-93(82,83)89-63-70(61-85-72(77)55-47-39-33-32-35-43-51-65(5)6)91-74(79)57-49-41-31-25-26-34-42-50-64(3)4/h64-70,75H,9-63H2,1-8H3,(H,80,81)(H,82,83)/t66?,67?,68-,69-,70-/m1/s1. The van der Waals surface area contributed by atoms with Crippen LogP contribution in [0.4, 0.5) is 0 Å². The molecule has 0 amide bonds. The molecule has 0 rings (SSSR count). The van der Waals surface area contributed by atoms with Crippen LogP contribution >= 0.6 is 15.6 Å². The molecule has 0 radical (unpaired) electrons. The molecule has 3 N–H and O–H groups in total. The highest BCUT2D eigenvalue weighted by Gasteiger charge is 2.30. The molecular formula is C74H144O17P2. The van der Waals surface area contributed by atoms with Gasteiger partial charge in [-0.2, -0.15) is 0 Å². The number of rotatable bonds is 71. The Labute approximate surface area is 568 Å². The predicted molar refractivity (Wildman–Crippen MR) is 377 cm³/mol. The Morgan fingerprint density at radius 3 is 0.763 bits per heavy atom. The number of hydrogen-bond acceptors (Lipinski definition) is 15. The van der Waals surface area contributed by atoms with Crippen molar-refractivity contribution in [3.63, 3.8) is 0 Å². The fourth-order valence-corrected chi connectivity index (χ4v) is 12.7. The Hall–Kier alpha value is -1.94. The van der Waals surface area contributed by atoms with Crippen molar-refractivity contribution in [3.8, 4) is 0 Å². The van der Waals surface area contributed by atoms with Gasteiger partial charge < -0.3 is 33.8 Å². The molecule has 17 nitrogen and oxygen atoms in total. The highest BCUT2D eigenvalue weighted by Crippen LogP contribution is 2.45. The van der Waals surface area contributed by atoms with E-state index < -0.39 is 97.5 Å². The van der Waals surface area contributed by atoms with Crippen LogP contribution < -0.4 is 0 Å². The van der Waals surface area contributed by atoms with Gasteiger partial charge in [0.05, 0.1) is 26.4 Å². The maximum atomic E-state index is 13.1. The number of phosphoric acid groups is 2. The molecule has 0 heterocycles. The van der Waals surface area contributed by atoms with E-state index in [2.05, 4.69) is 55.4 Å². The fourth-order valence-electron chi connectivity index (χ4n) is 11.1. The molecule has 0 fully saturated rings. The third-order valence-corrected chi connectivity index (χ3v) is 19.7. The first kappa shape index (κ1) is 91.1. The van der Waals surface area contributed by atoms with E-state index in [1.54, 1.807) is 0 Å². The van der Waals surface area contributed by atoms with Crippen molar-refractivity contribution in [2.45, 2.75) is 388 Å². The summed E-state index contributed by atoms with van der Waals surface area (Å²) in [6, 6.07) is 0. The molecule has 0 aromatic rings. The molecule has 0 aliphatic heterocycles. The highest BCUT2D eigenvalue weighted by atomic mass is 31.2. The molecule has 7 atom stereocenters. The molecule has 0 bridgehead atoms. The number of ether oxygens (including phenoxy) is 4. The maximum Gasteiger partial charge on any atom is 0.472 e. The minimum Gasteiger partial charge on any atom is -0.462 e. The maximum absolute atomic E-state index is 13.1. The lowest BCUT2D eigenvalue weighted by molar-refractivity contribution is -0.161. The Bertz CT molecular complexity index is 1840. The smallest absolute Gasteiger partial charge is 0.462 e. The van der Waals surface area contributed by atoms with Crippen LogP contribution in [0.15, 0.2) is 0 Å². The Morgan fingerprint density at radius 1 is 0.301 bits per heavy atom. The van der Waals surface area contributed by atoms with E-state index in [0.29, 0.717) is 37.5 Å². The Kier molecular flexibility index (Phi) is 62.2. The van der Waals surface area contributed by atoms with E-state index in [0.717, 1.165) is 108 Å². The largest absolute Gasteiger partial charge is 0.472 e. The second-order valence-electron chi connectivity index (χ2n) is 28.1. The van der Waals surface area contributed by atoms with Crippen LogP contribution in [-0.4, -0.2) is 96.7 Å². The highest BCUT2D eigenvalue weighted by molar-refractivity contribution is 7.47. The zero-order valence-electron chi connectivity index (χ0n) is 60.9. The number of aliphatic hydroxyl groups is 1. The summed E-state index contributed by atoms with van der Waals surface area (Å²) in [7, 11) is -9.91. The number of carbonyl (C=O) groups is 4. The van der Waals surface area contributed by atoms with Crippen LogP contribution in [0.2, 0.25) is 0 Å². The molecule has 0 aromatic carbocycles. The molecular weight excluding hydrogens is 1220 g/mol. The van der Waals surface area contributed by atoms with E-state index in [1.807, 2.05) is 0 Å². The van der Waals surface area contributed by atoms with Crippen molar-refractivity contribution in [2.24, 2.45) is 23.7 Å². The number of phosphoric ester groups is 2. The summed E-state index contributed by atoms with van der Waals surface area (Å²) in [5, 5.41) is 10.6. The Balaban J connectivity index is 5.17. The average Bonchev–Trinajstić information content (AvgIpc) is 3.03. The first-order valence-corrected chi connectivity index (χ1v) is 41.3. The zero-order chi connectivity index (χ0) is 68.9. The van der Waals surface area contributed by atoms with Gasteiger partial charge in [-0.1, -0.05) is 319 Å². The molecule has 552 valence electrons. The topological polar surface area (TPSA) is 237 Å². The van der Waals surface area contributed by atoms with Crippen molar-refractivity contribution >= 4 is 39.5 Å². The van der Waals surface area contributed by atoms with Gasteiger partial charge in [0, 0.05) is 25.7 Å². The zero-order valence-corrected chi connectivity index (χ0v) is 62.7. The molecule has 0 aliphatic carbocycles. The van der Waals surface area contributed by atoms with E-state index in [4.69, 9.17) is 37.0 Å². The number of aliphatic hydroxyl groups excluding tert-OH is 1. The van der Waals surface area contributed by atoms with Crippen molar-refractivity contribution in [1.82, 2.24) is 0 Å². The number of hydrogen-bond donors (Lipinski definition) is 3. The van der Waals surface area contributed by atoms with Gasteiger partial charge in [-0.25, -0.2) is 9.13 Å². The van der Waals surface area contributed by atoms with Crippen LogP contribution in [-0.2, 0) is 65.4 Å². The quantitative estimate of drug-likeness (QED) is 0.0222. The second kappa shape index (κ2) is 63.5. The van der Waals surface area contributed by atoms with Gasteiger partial charge in [-0.3, -0.25) is 37.3 Å². The lowest BCUT2D eigenvalue weighted by Crippen LogP contribution is -2.30. The van der Waals surface area contributed by atoms with Gasteiger partial charge >= 0.3 is 39.5 Å². The minimum atomic E-state index is -4.96. The molecule has 0 aliphatic rings. The third-order valence-electron chi connectivity index (χ3n) is 17.8. The van der Waals surface area contributed by atoms with Crippen LogP contribution in [0.1, 0.15) is 370 Å². The van der Waals surface area contributed by atoms with E-state index in [-0.39, 0.29) is 25.7 Å². The van der Waals surface area contributed by atoms with Crippen molar-refractivity contribution in [3.05, 3.63) is 0 Å². The first-order chi connectivity index (χ1) is 44.7. The summed E-state index contributed by atoms with van der Waals surface area (Å²) in [5.74, 6) is 0.894. The Morgan fingerprint density at radius 2 is 0.516 bits per heavy atom. The van der Waals surface area contributed by atoms with Gasteiger partial charge in [0.15, 0.2) is 12.2 Å². The van der Waals surface area contributed by atoms with Crippen LogP contribution in [0.3, 0.4) is 0 Å². The summed E-state index contributed by atoms with van der Waals surface area (Å²) < 4.78 is 68.3. The van der Waals surface area contributed by atoms with Crippen LogP contribution in [0, 0.1) is 23.7 Å². The molecule has 19 heteroatoms. The molecule has 0 saturated heterocycles. The fraction of sp³-hybridized carbons (Fsp3) is 0.946. The van der Waals surface area contributed by atoms with Gasteiger partial charge in [0.25, 0.3) is 0 Å². The molecule has 93 heavy (non-hydrogen) atoms. The second-order valence-corrected chi connectivity index (χ2v) is 31.0. The first-order valence-electron chi connectivity index (χ1n) is 38.3. The van der Waals surface area contributed by atoms with Gasteiger partial charge in [0.2, 0.25) is 0 Å². The predicted octanol–water partition coefficient (Wildman–Crippen LogP) is 21.3. The van der Waals surface area contributed by atoms with E-state index in [1.165, 1.54) is 167 Å². The van der Waals surface area contributed by atoms with Crippen molar-refractivity contribution < 1.29 is 80.2 Å². The summed E-state index contributed by atoms with van der Waals surface area (Å²) in [6.45, 7) is 14.1. The number of unbranched alkanes of at least 4 members (excludes halogenated alkanes) is 35. The summed E-state index contributed by atoms with van der Waals surface area (Å²) in [5.41, 5.74) is 0. The van der Waals surface area contributed by atoms with Crippen molar-refractivity contribution in [2.75, 3.05) is 39.6 Å². The monoisotopic (exact) mass is 1370 g/mol.